The van der Waals surface area contributed by atoms with Crippen molar-refractivity contribution in [2.45, 2.75) is 0 Å². The van der Waals surface area contributed by atoms with Crippen molar-refractivity contribution in [1.29, 1.82) is 5.26 Å². The number of anilines is 3. The second-order valence-electron chi connectivity index (χ2n) is 4.52. The second-order valence-corrected chi connectivity index (χ2v) is 5.55. The van der Waals surface area contributed by atoms with Crippen LogP contribution in [0, 0.1) is 11.3 Å². The van der Waals surface area contributed by atoms with Crippen LogP contribution in [-0.2, 0) is 0 Å². The molecule has 2 aromatic carbocycles. The van der Waals surface area contributed by atoms with Gasteiger partial charge in [0.25, 0.3) is 0 Å². The monoisotopic (exact) mass is 309 g/mol. The number of carbonyl (C=O) groups is 1. The van der Waals surface area contributed by atoms with E-state index in [1.807, 2.05) is 12.1 Å². The quantitative estimate of drug-likeness (QED) is 0.631. The van der Waals surface area contributed by atoms with Crippen LogP contribution >= 0.6 is 11.3 Å². The van der Waals surface area contributed by atoms with Gasteiger partial charge in [0, 0.05) is 11.4 Å². The minimum atomic E-state index is -0.415. The van der Waals surface area contributed by atoms with Crippen molar-refractivity contribution in [1.82, 2.24) is 4.98 Å². The Morgan fingerprint density at radius 2 is 2.09 bits per heavy atom. The summed E-state index contributed by atoms with van der Waals surface area (Å²) < 4.78 is 0.904. The summed E-state index contributed by atoms with van der Waals surface area (Å²) in [6.45, 7) is 0. The normalized spacial score (nSPS) is 10.1. The van der Waals surface area contributed by atoms with Gasteiger partial charge < -0.3 is 11.1 Å². The van der Waals surface area contributed by atoms with Gasteiger partial charge in [0.15, 0.2) is 5.13 Å². The molecule has 0 fully saturated rings. The lowest BCUT2D eigenvalue weighted by molar-refractivity contribution is 0.262. The smallest absolute Gasteiger partial charge is 0.325 e. The van der Waals surface area contributed by atoms with Crippen LogP contribution in [0.1, 0.15) is 5.56 Å². The number of aromatic nitrogens is 1. The standard InChI is InChI=1S/C15H11N5OS/c16-8-9-2-1-3-11(6-9)18-14(21)20-15-19-12-5-4-10(17)7-13(12)22-15/h1-7H,17H2,(H2,18,19,20,21). The number of nitrogens with two attached hydrogens (primary N) is 1. The van der Waals surface area contributed by atoms with E-state index in [2.05, 4.69) is 15.6 Å². The van der Waals surface area contributed by atoms with Crippen molar-refractivity contribution in [2.75, 3.05) is 16.4 Å². The van der Waals surface area contributed by atoms with E-state index in [1.165, 1.54) is 11.3 Å². The number of benzene rings is 2. The van der Waals surface area contributed by atoms with Crippen molar-refractivity contribution in [3.8, 4) is 6.07 Å². The summed E-state index contributed by atoms with van der Waals surface area (Å²) in [4.78, 5) is 16.3. The third-order valence-electron chi connectivity index (χ3n) is 2.88. The SMILES string of the molecule is N#Cc1cccc(NC(=O)Nc2nc3ccc(N)cc3s2)c1. The first-order chi connectivity index (χ1) is 10.6. The number of rotatable bonds is 2. The highest BCUT2D eigenvalue weighted by molar-refractivity contribution is 7.22. The molecule has 0 saturated heterocycles. The van der Waals surface area contributed by atoms with Crippen LogP contribution in [0.4, 0.5) is 21.3 Å². The number of nitrogens with zero attached hydrogens (tertiary/aromatic N) is 2. The van der Waals surface area contributed by atoms with Crippen LogP contribution in [0.25, 0.3) is 10.2 Å². The zero-order valence-corrected chi connectivity index (χ0v) is 12.1. The summed E-state index contributed by atoms with van der Waals surface area (Å²) in [6, 6.07) is 13.7. The maximum absolute atomic E-state index is 12.0. The summed E-state index contributed by atoms with van der Waals surface area (Å²) in [5, 5.41) is 14.7. The number of nitriles is 1. The number of fused-ring (bicyclic) bond motifs is 1. The molecule has 1 aromatic heterocycles. The summed E-state index contributed by atoms with van der Waals surface area (Å²) >= 11 is 1.34. The number of amides is 2. The Morgan fingerprint density at radius 1 is 1.23 bits per heavy atom. The first-order valence-corrected chi connectivity index (χ1v) is 7.20. The van der Waals surface area contributed by atoms with Crippen molar-refractivity contribution in [2.24, 2.45) is 0 Å². The summed E-state index contributed by atoms with van der Waals surface area (Å²) in [6.07, 6.45) is 0. The zero-order chi connectivity index (χ0) is 15.5. The fraction of sp³-hybridized carbons (Fsp3) is 0. The summed E-state index contributed by atoms with van der Waals surface area (Å²) in [5.41, 5.74) is 8.17. The summed E-state index contributed by atoms with van der Waals surface area (Å²) in [7, 11) is 0. The molecule has 0 saturated carbocycles. The molecule has 108 valence electrons. The number of urea groups is 1. The average Bonchev–Trinajstić information content (AvgIpc) is 2.88. The highest BCUT2D eigenvalue weighted by Gasteiger charge is 2.08. The Balaban J connectivity index is 1.74. The minimum Gasteiger partial charge on any atom is -0.399 e. The van der Waals surface area contributed by atoms with Gasteiger partial charge >= 0.3 is 6.03 Å². The number of nitrogen functional groups attached to an aromatic ring is 1. The number of hydrogen-bond acceptors (Lipinski definition) is 5. The maximum atomic E-state index is 12.0. The molecule has 7 heteroatoms. The van der Waals surface area contributed by atoms with Crippen LogP contribution < -0.4 is 16.4 Å². The van der Waals surface area contributed by atoms with Gasteiger partial charge in [0.1, 0.15) is 0 Å². The molecule has 3 rings (SSSR count). The molecule has 4 N–H and O–H groups in total. The Hall–Kier alpha value is -3.11. The molecule has 0 aliphatic rings. The molecule has 0 spiro atoms. The van der Waals surface area contributed by atoms with E-state index in [0.29, 0.717) is 22.1 Å². The topological polar surface area (TPSA) is 104 Å². The fourth-order valence-corrected chi connectivity index (χ4v) is 2.83. The van der Waals surface area contributed by atoms with E-state index in [1.54, 1.807) is 36.4 Å². The Labute approximate surface area is 130 Å². The van der Waals surface area contributed by atoms with Gasteiger partial charge in [-0.25, -0.2) is 9.78 Å². The van der Waals surface area contributed by atoms with E-state index in [0.717, 1.165) is 10.2 Å². The third kappa shape index (κ3) is 2.97. The highest BCUT2D eigenvalue weighted by Crippen LogP contribution is 2.27. The van der Waals surface area contributed by atoms with E-state index in [4.69, 9.17) is 11.0 Å². The molecule has 0 unspecified atom stereocenters. The number of thiazole rings is 1. The largest absolute Gasteiger partial charge is 0.399 e. The van der Waals surface area contributed by atoms with Crippen LogP contribution in [0.5, 0.6) is 0 Å². The van der Waals surface area contributed by atoms with Crippen LogP contribution in [0.15, 0.2) is 42.5 Å². The van der Waals surface area contributed by atoms with Crippen molar-refractivity contribution in [3.63, 3.8) is 0 Å². The van der Waals surface area contributed by atoms with Gasteiger partial charge in [0.2, 0.25) is 0 Å². The highest BCUT2D eigenvalue weighted by atomic mass is 32.1. The number of hydrogen-bond donors (Lipinski definition) is 3. The maximum Gasteiger partial charge on any atom is 0.325 e. The van der Waals surface area contributed by atoms with E-state index >= 15 is 0 Å². The van der Waals surface area contributed by atoms with Crippen molar-refractivity contribution >= 4 is 44.1 Å². The number of carbonyl (C=O) groups excluding carboxylic acids is 1. The van der Waals surface area contributed by atoms with Gasteiger partial charge in [-0.2, -0.15) is 5.26 Å². The zero-order valence-electron chi connectivity index (χ0n) is 11.3. The molecule has 1 heterocycles. The average molecular weight is 309 g/mol. The first-order valence-electron chi connectivity index (χ1n) is 6.38. The fourth-order valence-electron chi connectivity index (χ4n) is 1.92. The summed E-state index contributed by atoms with van der Waals surface area (Å²) in [5.74, 6) is 0. The lowest BCUT2D eigenvalue weighted by Crippen LogP contribution is -2.19. The minimum absolute atomic E-state index is 0.415. The first kappa shape index (κ1) is 13.9. The van der Waals surface area contributed by atoms with Crippen LogP contribution in [0.3, 0.4) is 0 Å². The molecule has 0 radical (unpaired) electrons. The molecule has 0 bridgehead atoms. The van der Waals surface area contributed by atoms with Gasteiger partial charge in [0.05, 0.1) is 21.8 Å². The predicted molar refractivity (Wildman–Crippen MR) is 87.8 cm³/mol. The Kier molecular flexibility index (Phi) is 3.60. The van der Waals surface area contributed by atoms with E-state index in [-0.39, 0.29) is 0 Å². The number of nitrogens with one attached hydrogen (secondary N) is 2. The lowest BCUT2D eigenvalue weighted by atomic mass is 10.2. The van der Waals surface area contributed by atoms with Gasteiger partial charge in [-0.05, 0) is 36.4 Å². The lowest BCUT2D eigenvalue weighted by Gasteiger charge is -2.05. The van der Waals surface area contributed by atoms with E-state index in [9.17, 15) is 4.79 Å². The van der Waals surface area contributed by atoms with Gasteiger partial charge in [-0.1, -0.05) is 17.4 Å². The Bertz CT molecular complexity index is 896. The molecular formula is C15H11N5OS. The van der Waals surface area contributed by atoms with Gasteiger partial charge in [-0.3, -0.25) is 5.32 Å². The van der Waals surface area contributed by atoms with Crippen molar-refractivity contribution < 1.29 is 4.79 Å². The molecule has 2 amide bonds. The third-order valence-corrected chi connectivity index (χ3v) is 3.82. The molecule has 6 nitrogen and oxygen atoms in total. The second kappa shape index (κ2) is 5.71. The van der Waals surface area contributed by atoms with Gasteiger partial charge in [-0.15, -0.1) is 0 Å². The van der Waals surface area contributed by atoms with Crippen molar-refractivity contribution in [3.05, 3.63) is 48.0 Å². The Morgan fingerprint density at radius 3 is 2.91 bits per heavy atom. The molecule has 3 aromatic rings. The molecule has 0 aliphatic carbocycles. The van der Waals surface area contributed by atoms with Crippen LogP contribution in [0.2, 0.25) is 0 Å². The molecular weight excluding hydrogens is 298 g/mol. The molecule has 0 atom stereocenters. The van der Waals surface area contributed by atoms with E-state index < -0.39 is 6.03 Å². The molecule has 0 aliphatic heterocycles. The predicted octanol–water partition coefficient (Wildman–Crippen LogP) is 3.39. The molecule has 22 heavy (non-hydrogen) atoms. The van der Waals surface area contributed by atoms with Crippen LogP contribution in [-0.4, -0.2) is 11.0 Å².